The Balaban J connectivity index is 2.59. The normalized spacial score (nSPS) is 10.3. The fraction of sp³-hybridized carbons (Fsp3) is 0.182. The SMILES string of the molecule is CCOc1c(-c2cc(N)no2)cccc1[N+](=O)[O-]. The smallest absolute Gasteiger partial charge is 0.311 e. The largest absolute Gasteiger partial charge is 0.487 e. The summed E-state index contributed by atoms with van der Waals surface area (Å²) < 4.78 is 10.3. The lowest BCUT2D eigenvalue weighted by Crippen LogP contribution is -1.99. The van der Waals surface area contributed by atoms with Crippen LogP contribution >= 0.6 is 0 Å². The first-order valence-electron chi connectivity index (χ1n) is 5.26. The second-order valence-corrected chi connectivity index (χ2v) is 3.46. The van der Waals surface area contributed by atoms with Crippen molar-refractivity contribution >= 4 is 11.5 Å². The summed E-state index contributed by atoms with van der Waals surface area (Å²) in [6.07, 6.45) is 0. The molecule has 0 atom stereocenters. The van der Waals surface area contributed by atoms with Crippen molar-refractivity contribution < 1.29 is 14.2 Å². The van der Waals surface area contributed by atoms with Crippen LogP contribution in [0.5, 0.6) is 5.75 Å². The molecule has 2 rings (SSSR count). The van der Waals surface area contributed by atoms with Crippen LogP contribution in [0.3, 0.4) is 0 Å². The topological polar surface area (TPSA) is 104 Å². The van der Waals surface area contributed by atoms with E-state index in [4.69, 9.17) is 15.0 Å². The van der Waals surface area contributed by atoms with Crippen molar-refractivity contribution in [1.82, 2.24) is 5.16 Å². The van der Waals surface area contributed by atoms with Crippen LogP contribution < -0.4 is 10.5 Å². The summed E-state index contributed by atoms with van der Waals surface area (Å²) in [6.45, 7) is 2.05. The van der Waals surface area contributed by atoms with Crippen LogP contribution in [0.1, 0.15) is 6.92 Å². The second kappa shape index (κ2) is 4.74. The number of ether oxygens (including phenoxy) is 1. The zero-order chi connectivity index (χ0) is 13.1. The van der Waals surface area contributed by atoms with Crippen LogP contribution in [-0.4, -0.2) is 16.7 Å². The molecule has 7 nitrogen and oxygen atoms in total. The Morgan fingerprint density at radius 3 is 2.89 bits per heavy atom. The van der Waals surface area contributed by atoms with Crippen LogP contribution in [0, 0.1) is 10.1 Å². The lowest BCUT2D eigenvalue weighted by Gasteiger charge is -2.07. The Morgan fingerprint density at radius 2 is 2.33 bits per heavy atom. The average Bonchev–Trinajstić information content (AvgIpc) is 2.76. The van der Waals surface area contributed by atoms with Crippen molar-refractivity contribution in [3.8, 4) is 17.1 Å². The number of aromatic nitrogens is 1. The number of nitro groups is 1. The monoisotopic (exact) mass is 249 g/mol. The first-order valence-corrected chi connectivity index (χ1v) is 5.26. The fourth-order valence-corrected chi connectivity index (χ4v) is 1.57. The van der Waals surface area contributed by atoms with Gasteiger partial charge in [-0.15, -0.1) is 0 Å². The molecule has 0 saturated carbocycles. The Kier molecular flexibility index (Phi) is 3.13. The number of nitrogen functional groups attached to an aromatic ring is 1. The van der Waals surface area contributed by atoms with E-state index in [9.17, 15) is 10.1 Å². The summed E-state index contributed by atoms with van der Waals surface area (Å²) in [5.41, 5.74) is 5.79. The minimum atomic E-state index is -0.506. The molecular formula is C11H11N3O4. The lowest BCUT2D eigenvalue weighted by atomic mass is 10.1. The Hall–Kier alpha value is -2.57. The maximum absolute atomic E-state index is 10.9. The Bertz CT molecular complexity index is 579. The summed E-state index contributed by atoms with van der Waals surface area (Å²) >= 11 is 0. The van der Waals surface area contributed by atoms with Gasteiger partial charge in [-0.1, -0.05) is 11.2 Å². The molecular weight excluding hydrogens is 238 g/mol. The van der Waals surface area contributed by atoms with E-state index < -0.39 is 4.92 Å². The van der Waals surface area contributed by atoms with E-state index in [0.29, 0.717) is 17.9 Å². The standard InChI is InChI=1S/C11H11N3O4/c1-2-17-11-7(9-6-10(12)13-18-9)4-3-5-8(11)14(15)16/h3-6H,2H2,1H3,(H2,12,13). The van der Waals surface area contributed by atoms with E-state index in [1.807, 2.05) is 0 Å². The highest BCUT2D eigenvalue weighted by Gasteiger charge is 2.21. The van der Waals surface area contributed by atoms with Gasteiger partial charge in [0.05, 0.1) is 17.1 Å². The Labute approximate surface area is 102 Å². The number of nitrogens with zero attached hydrogens (tertiary/aromatic N) is 2. The molecule has 0 aliphatic heterocycles. The van der Waals surface area contributed by atoms with Gasteiger partial charge in [0.2, 0.25) is 5.75 Å². The molecule has 0 saturated heterocycles. The predicted octanol–water partition coefficient (Wildman–Crippen LogP) is 2.23. The summed E-state index contributed by atoms with van der Waals surface area (Å²) in [6, 6.07) is 6.06. The van der Waals surface area contributed by atoms with Crippen molar-refractivity contribution in [1.29, 1.82) is 0 Å². The second-order valence-electron chi connectivity index (χ2n) is 3.46. The molecule has 0 aliphatic rings. The summed E-state index contributed by atoms with van der Waals surface area (Å²) in [7, 11) is 0. The molecule has 2 N–H and O–H groups in total. The van der Waals surface area contributed by atoms with Crippen LogP contribution in [0.25, 0.3) is 11.3 Å². The third-order valence-electron chi connectivity index (χ3n) is 2.27. The first-order chi connectivity index (χ1) is 8.63. The molecule has 0 unspecified atom stereocenters. The zero-order valence-corrected chi connectivity index (χ0v) is 9.62. The van der Waals surface area contributed by atoms with Gasteiger partial charge in [0.1, 0.15) is 0 Å². The van der Waals surface area contributed by atoms with Crippen molar-refractivity contribution in [3.63, 3.8) is 0 Å². The van der Waals surface area contributed by atoms with Crippen LogP contribution in [0.15, 0.2) is 28.8 Å². The first kappa shape index (κ1) is 11.9. The van der Waals surface area contributed by atoms with Gasteiger partial charge in [-0.25, -0.2) is 0 Å². The highest BCUT2D eigenvalue weighted by Crippen LogP contribution is 2.38. The number of hydrogen-bond donors (Lipinski definition) is 1. The minimum Gasteiger partial charge on any atom is -0.487 e. The lowest BCUT2D eigenvalue weighted by molar-refractivity contribution is -0.385. The molecule has 1 heterocycles. The number of hydrogen-bond acceptors (Lipinski definition) is 6. The fourth-order valence-electron chi connectivity index (χ4n) is 1.57. The summed E-state index contributed by atoms with van der Waals surface area (Å²) in [4.78, 5) is 10.4. The summed E-state index contributed by atoms with van der Waals surface area (Å²) in [5, 5.41) is 14.5. The van der Waals surface area contributed by atoms with Gasteiger partial charge in [0, 0.05) is 12.1 Å². The van der Waals surface area contributed by atoms with E-state index in [0.717, 1.165) is 0 Å². The molecule has 1 aromatic heterocycles. The van der Waals surface area contributed by atoms with E-state index in [-0.39, 0.29) is 17.3 Å². The van der Waals surface area contributed by atoms with E-state index in [1.165, 1.54) is 12.1 Å². The van der Waals surface area contributed by atoms with Crippen LogP contribution in [-0.2, 0) is 0 Å². The van der Waals surface area contributed by atoms with E-state index >= 15 is 0 Å². The molecule has 0 amide bonds. The number of para-hydroxylation sites is 1. The van der Waals surface area contributed by atoms with Gasteiger partial charge in [-0.3, -0.25) is 10.1 Å². The third kappa shape index (κ3) is 2.10. The molecule has 7 heteroatoms. The van der Waals surface area contributed by atoms with Gasteiger partial charge in [-0.2, -0.15) is 0 Å². The number of nitro benzene ring substituents is 1. The van der Waals surface area contributed by atoms with Crippen LogP contribution in [0.2, 0.25) is 0 Å². The molecule has 2 aromatic rings. The molecule has 18 heavy (non-hydrogen) atoms. The van der Waals surface area contributed by atoms with Crippen LogP contribution in [0.4, 0.5) is 11.5 Å². The van der Waals surface area contributed by atoms with E-state index in [1.54, 1.807) is 19.1 Å². The molecule has 0 aliphatic carbocycles. The molecule has 0 bridgehead atoms. The van der Waals surface area contributed by atoms with Gasteiger partial charge in [-0.05, 0) is 13.0 Å². The molecule has 94 valence electrons. The maximum Gasteiger partial charge on any atom is 0.311 e. The number of nitrogens with two attached hydrogens (primary N) is 1. The summed E-state index contributed by atoms with van der Waals surface area (Å²) in [5.74, 6) is 0.694. The van der Waals surface area contributed by atoms with Crippen molar-refractivity contribution in [2.45, 2.75) is 6.92 Å². The van der Waals surface area contributed by atoms with Gasteiger partial charge < -0.3 is 15.0 Å². The van der Waals surface area contributed by atoms with Crippen molar-refractivity contribution in [3.05, 3.63) is 34.4 Å². The number of anilines is 1. The molecule has 0 fully saturated rings. The highest BCUT2D eigenvalue weighted by atomic mass is 16.6. The third-order valence-corrected chi connectivity index (χ3v) is 2.27. The maximum atomic E-state index is 10.9. The van der Waals surface area contributed by atoms with Gasteiger partial charge in [0.15, 0.2) is 11.6 Å². The zero-order valence-electron chi connectivity index (χ0n) is 9.62. The highest BCUT2D eigenvalue weighted by molar-refractivity contribution is 5.73. The molecule has 0 spiro atoms. The minimum absolute atomic E-state index is 0.121. The Morgan fingerprint density at radius 1 is 1.56 bits per heavy atom. The number of benzene rings is 1. The molecule has 0 radical (unpaired) electrons. The predicted molar refractivity (Wildman–Crippen MR) is 64.2 cm³/mol. The number of rotatable bonds is 4. The average molecular weight is 249 g/mol. The van der Waals surface area contributed by atoms with Crippen molar-refractivity contribution in [2.24, 2.45) is 0 Å². The quantitative estimate of drug-likeness (QED) is 0.658. The van der Waals surface area contributed by atoms with Gasteiger partial charge >= 0.3 is 5.69 Å². The van der Waals surface area contributed by atoms with Crippen molar-refractivity contribution in [2.75, 3.05) is 12.3 Å². The van der Waals surface area contributed by atoms with E-state index in [2.05, 4.69) is 5.16 Å². The molecule has 1 aromatic carbocycles. The van der Waals surface area contributed by atoms with Gasteiger partial charge in [0.25, 0.3) is 0 Å².